The topological polar surface area (TPSA) is 114 Å². The van der Waals surface area contributed by atoms with E-state index in [0.29, 0.717) is 17.2 Å². The van der Waals surface area contributed by atoms with E-state index in [1.807, 2.05) is 0 Å². The Morgan fingerprint density at radius 2 is 1.59 bits per heavy atom. The van der Waals surface area contributed by atoms with E-state index in [9.17, 15) is 22.4 Å². The number of hydrogen-bond donors (Lipinski definition) is 2. The molecule has 4 rings (SSSR count). The van der Waals surface area contributed by atoms with Crippen LogP contribution >= 0.6 is 0 Å². The molecule has 0 aromatic heterocycles. The summed E-state index contributed by atoms with van der Waals surface area (Å²) in [7, 11) is -1.23. The van der Waals surface area contributed by atoms with E-state index in [1.165, 1.54) is 26.2 Å². The fraction of sp³-hybridized carbons (Fsp3) is 0.130. The van der Waals surface area contributed by atoms with Crippen LogP contribution in [0.3, 0.4) is 0 Å². The molecule has 0 radical (unpaired) electrons. The summed E-state index contributed by atoms with van der Waals surface area (Å²) in [6.45, 7) is 0.0925. The first-order chi connectivity index (χ1) is 16.2. The van der Waals surface area contributed by atoms with Crippen LogP contribution in [0.1, 0.15) is 20.7 Å². The molecule has 11 heteroatoms. The van der Waals surface area contributed by atoms with Crippen molar-refractivity contribution in [3.63, 3.8) is 0 Å². The molecule has 34 heavy (non-hydrogen) atoms. The van der Waals surface area contributed by atoms with Crippen LogP contribution in [0.15, 0.2) is 65.6 Å². The molecular formula is C23H20FN3O6S. The van der Waals surface area contributed by atoms with Crippen molar-refractivity contribution in [2.45, 2.75) is 4.90 Å². The highest BCUT2D eigenvalue weighted by molar-refractivity contribution is 7.89. The second-order valence-corrected chi connectivity index (χ2v) is 9.60. The maximum Gasteiger partial charge on any atom is 0.258 e. The largest absolute Gasteiger partial charge is 0.454 e. The van der Waals surface area contributed by atoms with Crippen molar-refractivity contribution in [3.8, 4) is 11.5 Å². The summed E-state index contributed by atoms with van der Waals surface area (Å²) in [5.74, 6) is -1.29. The lowest BCUT2D eigenvalue weighted by atomic mass is 10.1. The van der Waals surface area contributed by atoms with E-state index in [0.717, 1.165) is 22.5 Å². The Bertz CT molecular complexity index is 1390. The fourth-order valence-corrected chi connectivity index (χ4v) is 4.13. The molecule has 2 amide bonds. The Morgan fingerprint density at radius 1 is 0.882 bits per heavy atom. The van der Waals surface area contributed by atoms with Gasteiger partial charge in [0.15, 0.2) is 11.5 Å². The highest BCUT2D eigenvalue weighted by Crippen LogP contribution is 2.34. The van der Waals surface area contributed by atoms with Gasteiger partial charge in [-0.1, -0.05) is 12.1 Å². The minimum Gasteiger partial charge on any atom is -0.454 e. The number of anilines is 2. The average Bonchev–Trinajstić information content (AvgIpc) is 3.27. The predicted octanol–water partition coefficient (Wildman–Crippen LogP) is 3.31. The summed E-state index contributed by atoms with van der Waals surface area (Å²) in [6, 6.07) is 14.0. The highest BCUT2D eigenvalue weighted by Gasteiger charge is 2.23. The van der Waals surface area contributed by atoms with Crippen LogP contribution < -0.4 is 20.1 Å². The quantitative estimate of drug-likeness (QED) is 0.554. The van der Waals surface area contributed by atoms with Gasteiger partial charge in [0.2, 0.25) is 16.8 Å². The van der Waals surface area contributed by atoms with E-state index >= 15 is 0 Å². The van der Waals surface area contributed by atoms with Gasteiger partial charge in [-0.3, -0.25) is 9.59 Å². The Morgan fingerprint density at radius 3 is 2.35 bits per heavy atom. The third-order valence-corrected chi connectivity index (χ3v) is 6.82. The zero-order chi connectivity index (χ0) is 24.5. The van der Waals surface area contributed by atoms with Crippen molar-refractivity contribution in [2.24, 2.45) is 0 Å². The molecule has 0 saturated carbocycles. The monoisotopic (exact) mass is 485 g/mol. The molecule has 9 nitrogen and oxygen atoms in total. The van der Waals surface area contributed by atoms with Gasteiger partial charge >= 0.3 is 0 Å². The van der Waals surface area contributed by atoms with Crippen LogP contribution in [0.5, 0.6) is 11.5 Å². The molecule has 0 fully saturated rings. The van der Waals surface area contributed by atoms with Gasteiger partial charge in [-0.05, 0) is 42.5 Å². The lowest BCUT2D eigenvalue weighted by Crippen LogP contribution is -2.23. The second-order valence-electron chi connectivity index (χ2n) is 7.45. The first-order valence-corrected chi connectivity index (χ1v) is 11.4. The predicted molar refractivity (Wildman–Crippen MR) is 122 cm³/mol. The van der Waals surface area contributed by atoms with Gasteiger partial charge in [-0.15, -0.1) is 0 Å². The molecule has 0 spiro atoms. The van der Waals surface area contributed by atoms with Crippen molar-refractivity contribution in [1.82, 2.24) is 4.31 Å². The van der Waals surface area contributed by atoms with Crippen molar-refractivity contribution in [1.29, 1.82) is 0 Å². The molecule has 0 unspecified atom stereocenters. The second kappa shape index (κ2) is 9.12. The summed E-state index contributed by atoms with van der Waals surface area (Å²) < 4.78 is 50.6. The fourth-order valence-electron chi connectivity index (χ4n) is 3.20. The molecule has 0 saturated heterocycles. The number of fused-ring (bicyclic) bond motifs is 1. The zero-order valence-electron chi connectivity index (χ0n) is 18.2. The number of ether oxygens (including phenoxy) is 2. The SMILES string of the molecule is CN(C)S(=O)(=O)c1ccc(F)c(C(=O)Nc2ccccc2C(=O)Nc2ccc3c(c2)OCO3)c1. The number of hydrogen-bond acceptors (Lipinski definition) is 6. The molecule has 1 aliphatic rings. The van der Waals surface area contributed by atoms with Gasteiger partial charge in [-0.25, -0.2) is 17.1 Å². The molecule has 2 N–H and O–H groups in total. The zero-order valence-corrected chi connectivity index (χ0v) is 19.0. The van der Waals surface area contributed by atoms with Gasteiger partial charge in [0, 0.05) is 25.8 Å². The number of amides is 2. The summed E-state index contributed by atoms with van der Waals surface area (Å²) in [6.07, 6.45) is 0. The minimum atomic E-state index is -3.88. The summed E-state index contributed by atoms with van der Waals surface area (Å²) in [5, 5.41) is 5.20. The maximum atomic E-state index is 14.4. The summed E-state index contributed by atoms with van der Waals surface area (Å²) in [4.78, 5) is 25.5. The standard InChI is InChI=1S/C23H20FN3O6S/c1-27(2)34(30,31)15-8-9-18(24)17(12-15)23(29)26-19-6-4-3-5-16(19)22(28)25-14-7-10-20-21(11-14)33-13-32-20/h3-12H,13H2,1-2H3,(H,25,28)(H,26,29). The number of carbonyl (C=O) groups is 2. The molecule has 0 bridgehead atoms. The number of sulfonamides is 1. The van der Waals surface area contributed by atoms with Crippen LogP contribution in [0.25, 0.3) is 0 Å². The number of nitrogens with zero attached hydrogens (tertiary/aromatic N) is 1. The van der Waals surface area contributed by atoms with E-state index < -0.39 is 33.2 Å². The van der Waals surface area contributed by atoms with E-state index in [2.05, 4.69) is 10.6 Å². The molecule has 1 heterocycles. The minimum absolute atomic E-state index is 0.0925. The number of halogens is 1. The van der Waals surface area contributed by atoms with E-state index in [4.69, 9.17) is 9.47 Å². The normalized spacial score (nSPS) is 12.5. The summed E-state index contributed by atoms with van der Waals surface area (Å²) >= 11 is 0. The molecule has 0 atom stereocenters. The summed E-state index contributed by atoms with van der Waals surface area (Å²) in [5.41, 5.74) is 0.203. The van der Waals surface area contributed by atoms with Crippen LogP contribution in [-0.2, 0) is 10.0 Å². The van der Waals surface area contributed by atoms with Crippen molar-refractivity contribution in [2.75, 3.05) is 31.5 Å². The third kappa shape index (κ3) is 4.56. The Kier molecular flexibility index (Phi) is 6.22. The van der Waals surface area contributed by atoms with Crippen LogP contribution in [0, 0.1) is 5.82 Å². The smallest absolute Gasteiger partial charge is 0.258 e. The van der Waals surface area contributed by atoms with Gasteiger partial charge in [0.1, 0.15) is 5.82 Å². The van der Waals surface area contributed by atoms with Gasteiger partial charge in [-0.2, -0.15) is 0 Å². The first-order valence-electron chi connectivity index (χ1n) is 10.0. The molecule has 3 aromatic rings. The van der Waals surface area contributed by atoms with Crippen LogP contribution in [0.4, 0.5) is 15.8 Å². The number of nitrogens with one attached hydrogen (secondary N) is 2. The number of rotatable bonds is 6. The van der Waals surface area contributed by atoms with Crippen molar-refractivity contribution in [3.05, 3.63) is 77.6 Å². The van der Waals surface area contributed by atoms with Crippen LogP contribution in [-0.4, -0.2) is 45.4 Å². The lowest BCUT2D eigenvalue weighted by Gasteiger charge is -2.14. The van der Waals surface area contributed by atoms with Crippen molar-refractivity contribution < 1.29 is 31.9 Å². The Balaban J connectivity index is 1.58. The molecule has 3 aromatic carbocycles. The molecule has 0 aliphatic carbocycles. The number of benzene rings is 3. The Hall–Kier alpha value is -3.96. The lowest BCUT2D eigenvalue weighted by molar-refractivity contribution is 0.102. The van der Waals surface area contributed by atoms with Gasteiger partial charge in [0.05, 0.1) is 21.7 Å². The van der Waals surface area contributed by atoms with E-state index in [1.54, 1.807) is 30.3 Å². The maximum absolute atomic E-state index is 14.4. The average molecular weight is 485 g/mol. The Labute approximate surface area is 195 Å². The van der Waals surface area contributed by atoms with E-state index in [-0.39, 0.29) is 22.9 Å². The van der Waals surface area contributed by atoms with Crippen LogP contribution in [0.2, 0.25) is 0 Å². The molecule has 1 aliphatic heterocycles. The van der Waals surface area contributed by atoms with Crippen molar-refractivity contribution >= 4 is 33.2 Å². The van der Waals surface area contributed by atoms with Gasteiger partial charge < -0.3 is 20.1 Å². The highest BCUT2D eigenvalue weighted by atomic mass is 32.2. The van der Waals surface area contributed by atoms with Gasteiger partial charge in [0.25, 0.3) is 11.8 Å². The number of carbonyl (C=O) groups excluding carboxylic acids is 2. The molecular weight excluding hydrogens is 465 g/mol. The number of para-hydroxylation sites is 1. The first kappa shape index (κ1) is 23.2. The third-order valence-electron chi connectivity index (χ3n) is 5.01. The molecule has 176 valence electrons.